The molecular weight excluding hydrogens is 294 g/mol. The molecule has 0 unspecified atom stereocenters. The first-order valence-electron chi connectivity index (χ1n) is 7.50. The second-order valence-electron chi connectivity index (χ2n) is 5.26. The van der Waals surface area contributed by atoms with Crippen molar-refractivity contribution in [3.8, 4) is 0 Å². The highest BCUT2D eigenvalue weighted by molar-refractivity contribution is 7.07. The quantitative estimate of drug-likeness (QED) is 0.659. The maximum Gasteiger partial charge on any atom is 0.244 e. The molecule has 2 heterocycles. The normalized spacial score (nSPS) is 13.5. The Kier molecular flexibility index (Phi) is 4.85. The summed E-state index contributed by atoms with van der Waals surface area (Å²) >= 11 is 1.52. The maximum atomic E-state index is 11.7. The highest BCUT2D eigenvalue weighted by Crippen LogP contribution is 2.27. The van der Waals surface area contributed by atoms with E-state index in [1.165, 1.54) is 22.6 Å². The second kappa shape index (κ2) is 7.22. The molecule has 1 aromatic carbocycles. The fraction of sp³-hybridized carbons (Fsp3) is 0.294. The van der Waals surface area contributed by atoms with Gasteiger partial charge in [-0.25, -0.2) is 4.98 Å². The topological polar surface area (TPSA) is 45.2 Å². The minimum atomic E-state index is -0.0603. The lowest BCUT2D eigenvalue weighted by Gasteiger charge is -2.19. The molecule has 0 radical (unpaired) electrons. The number of aromatic nitrogens is 1. The molecule has 0 bridgehead atoms. The number of anilines is 1. The van der Waals surface area contributed by atoms with Gasteiger partial charge in [-0.2, -0.15) is 0 Å². The highest BCUT2D eigenvalue weighted by Gasteiger charge is 2.17. The van der Waals surface area contributed by atoms with E-state index in [0.29, 0.717) is 6.54 Å². The summed E-state index contributed by atoms with van der Waals surface area (Å²) in [6.07, 6.45) is 5.35. The fourth-order valence-corrected chi connectivity index (χ4v) is 3.17. The van der Waals surface area contributed by atoms with Crippen molar-refractivity contribution in [2.24, 2.45) is 0 Å². The molecule has 22 heavy (non-hydrogen) atoms. The van der Waals surface area contributed by atoms with Crippen LogP contribution in [0.3, 0.4) is 0 Å². The number of thiazole rings is 1. The van der Waals surface area contributed by atoms with Gasteiger partial charge in [0.05, 0.1) is 11.2 Å². The van der Waals surface area contributed by atoms with E-state index < -0.39 is 0 Å². The zero-order valence-electron chi connectivity index (χ0n) is 12.4. The molecule has 1 aliphatic rings. The zero-order chi connectivity index (χ0) is 15.2. The molecule has 0 atom stereocenters. The fourth-order valence-electron chi connectivity index (χ4n) is 2.64. The van der Waals surface area contributed by atoms with Crippen molar-refractivity contribution in [2.75, 3.05) is 24.5 Å². The number of hydrogen-bond acceptors (Lipinski definition) is 4. The monoisotopic (exact) mass is 313 g/mol. The largest absolute Gasteiger partial charge is 0.371 e. The van der Waals surface area contributed by atoms with Gasteiger partial charge in [0.2, 0.25) is 5.91 Å². The molecule has 2 aromatic rings. The molecular formula is C17H19N3OS. The van der Waals surface area contributed by atoms with Crippen LogP contribution in [0.4, 0.5) is 5.69 Å². The average molecular weight is 313 g/mol. The average Bonchev–Trinajstić information content (AvgIpc) is 3.19. The van der Waals surface area contributed by atoms with Crippen LogP contribution in [0.25, 0.3) is 6.08 Å². The van der Waals surface area contributed by atoms with Crippen molar-refractivity contribution in [1.82, 2.24) is 10.3 Å². The molecule has 1 aromatic heterocycles. The molecule has 0 aliphatic carbocycles. The summed E-state index contributed by atoms with van der Waals surface area (Å²) in [5, 5.41) is 4.83. The van der Waals surface area contributed by atoms with E-state index in [1.54, 1.807) is 17.7 Å². The Labute approximate surface area is 134 Å². The Hall–Kier alpha value is -2.14. The smallest absolute Gasteiger partial charge is 0.244 e. The van der Waals surface area contributed by atoms with E-state index in [-0.39, 0.29) is 5.91 Å². The Bertz CT molecular complexity index is 652. The van der Waals surface area contributed by atoms with Gasteiger partial charge in [-0.15, -0.1) is 11.3 Å². The Morgan fingerprint density at radius 2 is 2.32 bits per heavy atom. The third kappa shape index (κ3) is 3.74. The molecule has 0 saturated heterocycles. The number of carbonyl (C=O) groups excluding carboxylic acids is 1. The zero-order valence-corrected chi connectivity index (χ0v) is 13.2. The van der Waals surface area contributed by atoms with Gasteiger partial charge in [0.1, 0.15) is 0 Å². The molecule has 114 valence electrons. The van der Waals surface area contributed by atoms with Gasteiger partial charge in [0.15, 0.2) is 0 Å². The van der Waals surface area contributed by atoms with Crippen molar-refractivity contribution < 1.29 is 4.79 Å². The molecule has 4 nitrogen and oxygen atoms in total. The third-order valence-electron chi connectivity index (χ3n) is 3.74. The van der Waals surface area contributed by atoms with E-state index >= 15 is 0 Å². The standard InChI is InChI=1S/C17H19N3OS/c21-17(7-6-15-12-22-13-19-15)18-9-3-10-20-11-8-14-4-1-2-5-16(14)20/h1-2,4-7,12-13H,3,8-11H2,(H,18,21). The number of hydrogen-bond donors (Lipinski definition) is 1. The van der Waals surface area contributed by atoms with Gasteiger partial charge in [-0.3, -0.25) is 4.79 Å². The summed E-state index contributed by atoms with van der Waals surface area (Å²) in [6, 6.07) is 8.55. The molecule has 0 saturated carbocycles. The van der Waals surface area contributed by atoms with Gasteiger partial charge in [0, 0.05) is 36.8 Å². The van der Waals surface area contributed by atoms with Gasteiger partial charge in [-0.05, 0) is 30.5 Å². The van der Waals surface area contributed by atoms with Crippen molar-refractivity contribution in [1.29, 1.82) is 0 Å². The predicted octanol–water partition coefficient (Wildman–Crippen LogP) is 2.73. The van der Waals surface area contributed by atoms with E-state index in [1.807, 2.05) is 5.38 Å². The van der Waals surface area contributed by atoms with Crippen LogP contribution in [0.2, 0.25) is 0 Å². The van der Waals surface area contributed by atoms with E-state index in [9.17, 15) is 4.79 Å². The van der Waals surface area contributed by atoms with Gasteiger partial charge in [-0.1, -0.05) is 18.2 Å². The molecule has 1 aliphatic heterocycles. The number of amides is 1. The predicted molar refractivity (Wildman–Crippen MR) is 91.1 cm³/mol. The van der Waals surface area contributed by atoms with Gasteiger partial charge < -0.3 is 10.2 Å². The number of rotatable bonds is 6. The molecule has 1 amide bonds. The number of fused-ring (bicyclic) bond motifs is 1. The van der Waals surface area contributed by atoms with Crippen molar-refractivity contribution in [2.45, 2.75) is 12.8 Å². The van der Waals surface area contributed by atoms with Crippen LogP contribution in [0.5, 0.6) is 0 Å². The Morgan fingerprint density at radius 3 is 3.18 bits per heavy atom. The summed E-state index contributed by atoms with van der Waals surface area (Å²) in [5.41, 5.74) is 5.36. The number of nitrogens with zero attached hydrogens (tertiary/aromatic N) is 2. The number of benzene rings is 1. The summed E-state index contributed by atoms with van der Waals surface area (Å²) in [4.78, 5) is 18.2. The van der Waals surface area contributed by atoms with Gasteiger partial charge in [0.25, 0.3) is 0 Å². The van der Waals surface area contributed by atoms with Crippen LogP contribution in [-0.4, -0.2) is 30.5 Å². The molecule has 3 rings (SSSR count). The Morgan fingerprint density at radius 1 is 1.41 bits per heavy atom. The lowest BCUT2D eigenvalue weighted by atomic mass is 10.2. The van der Waals surface area contributed by atoms with Crippen molar-refractivity contribution in [3.05, 3.63) is 52.5 Å². The summed E-state index contributed by atoms with van der Waals surface area (Å²) in [7, 11) is 0. The highest BCUT2D eigenvalue weighted by atomic mass is 32.1. The van der Waals surface area contributed by atoms with E-state index in [0.717, 1.165) is 31.6 Å². The minimum absolute atomic E-state index is 0.0603. The minimum Gasteiger partial charge on any atom is -0.371 e. The number of nitrogens with one attached hydrogen (secondary N) is 1. The SMILES string of the molecule is O=C(C=Cc1cscn1)NCCCN1CCc2ccccc21. The van der Waals surface area contributed by atoms with Crippen LogP contribution in [-0.2, 0) is 11.2 Å². The van der Waals surface area contributed by atoms with Crippen LogP contribution < -0.4 is 10.2 Å². The van der Waals surface area contributed by atoms with Crippen LogP contribution >= 0.6 is 11.3 Å². The van der Waals surface area contributed by atoms with Crippen LogP contribution in [0, 0.1) is 0 Å². The van der Waals surface area contributed by atoms with Crippen molar-refractivity contribution in [3.63, 3.8) is 0 Å². The molecule has 5 heteroatoms. The van der Waals surface area contributed by atoms with E-state index in [4.69, 9.17) is 0 Å². The summed E-state index contributed by atoms with van der Waals surface area (Å²) in [5.74, 6) is -0.0603. The summed E-state index contributed by atoms with van der Waals surface area (Å²) in [6.45, 7) is 2.75. The Balaban J connectivity index is 1.38. The molecule has 1 N–H and O–H groups in total. The first kappa shape index (κ1) is 14.8. The lowest BCUT2D eigenvalue weighted by Crippen LogP contribution is -2.28. The number of carbonyl (C=O) groups is 1. The third-order valence-corrected chi connectivity index (χ3v) is 4.35. The number of para-hydroxylation sites is 1. The molecule has 0 fully saturated rings. The van der Waals surface area contributed by atoms with Crippen LogP contribution in [0.1, 0.15) is 17.7 Å². The lowest BCUT2D eigenvalue weighted by molar-refractivity contribution is -0.116. The summed E-state index contributed by atoms with van der Waals surface area (Å²) < 4.78 is 0. The second-order valence-corrected chi connectivity index (χ2v) is 5.98. The van der Waals surface area contributed by atoms with Crippen LogP contribution in [0.15, 0.2) is 41.2 Å². The first-order chi connectivity index (χ1) is 10.8. The maximum absolute atomic E-state index is 11.7. The van der Waals surface area contributed by atoms with Crippen molar-refractivity contribution >= 4 is 29.0 Å². The van der Waals surface area contributed by atoms with E-state index in [2.05, 4.69) is 39.5 Å². The first-order valence-corrected chi connectivity index (χ1v) is 8.44. The van der Waals surface area contributed by atoms with Gasteiger partial charge >= 0.3 is 0 Å². The molecule has 0 spiro atoms.